The molecule has 4 aliphatic rings. The summed E-state index contributed by atoms with van der Waals surface area (Å²) < 4.78 is 23.7. The fraction of sp³-hybridized carbons (Fsp3) is 0.750. The Hall–Kier alpha value is -2.71. The second kappa shape index (κ2) is 8.95. The first-order chi connectivity index (χ1) is 17.1. The molecule has 0 aromatic rings. The van der Waals surface area contributed by atoms with Gasteiger partial charge in [-0.3, -0.25) is 24.0 Å². The molecule has 37 heavy (non-hydrogen) atoms. The van der Waals surface area contributed by atoms with E-state index in [9.17, 15) is 24.0 Å². The Bertz CT molecular complexity index is 1060. The molecule has 9 nitrogen and oxygen atoms in total. The number of carbonyl (C=O) groups excluding carboxylic acids is 5. The van der Waals surface area contributed by atoms with Crippen molar-refractivity contribution in [2.45, 2.75) is 98.6 Å². The molecule has 9 heteroatoms. The molecular formula is C28H38O9. The van der Waals surface area contributed by atoms with Crippen molar-refractivity contribution in [3.8, 4) is 0 Å². The minimum atomic E-state index is -1.53. The molecule has 4 aliphatic carbocycles. The van der Waals surface area contributed by atoms with E-state index in [1.165, 1.54) is 27.7 Å². The smallest absolute Gasteiger partial charge is 0.302 e. The van der Waals surface area contributed by atoms with Gasteiger partial charge in [0.2, 0.25) is 0 Å². The third-order valence-corrected chi connectivity index (χ3v) is 9.66. The van der Waals surface area contributed by atoms with Crippen LogP contribution in [0.5, 0.6) is 0 Å². The second-order valence-corrected chi connectivity index (χ2v) is 12.2. The van der Waals surface area contributed by atoms with Crippen LogP contribution in [-0.4, -0.2) is 54.1 Å². The van der Waals surface area contributed by atoms with Crippen molar-refractivity contribution in [1.82, 2.24) is 0 Å². The minimum absolute atomic E-state index is 0.174. The van der Waals surface area contributed by atoms with Crippen LogP contribution in [-0.2, 0) is 42.9 Å². The van der Waals surface area contributed by atoms with Crippen LogP contribution in [0.15, 0.2) is 12.2 Å². The van der Waals surface area contributed by atoms with Crippen LogP contribution in [0.25, 0.3) is 0 Å². The summed E-state index contributed by atoms with van der Waals surface area (Å²) in [5.41, 5.74) is -2.41. The van der Waals surface area contributed by atoms with Gasteiger partial charge in [0.25, 0.3) is 0 Å². The van der Waals surface area contributed by atoms with E-state index in [0.717, 1.165) is 6.42 Å². The molecule has 0 aliphatic heterocycles. The van der Waals surface area contributed by atoms with E-state index in [1.807, 2.05) is 6.92 Å². The number of hydrogen-bond donors (Lipinski definition) is 0. The number of esters is 4. The molecule has 1 spiro atoms. The summed E-state index contributed by atoms with van der Waals surface area (Å²) in [6.45, 7) is 15.5. The fourth-order valence-electron chi connectivity index (χ4n) is 8.69. The van der Waals surface area contributed by atoms with Gasteiger partial charge >= 0.3 is 23.9 Å². The monoisotopic (exact) mass is 518 g/mol. The second-order valence-electron chi connectivity index (χ2n) is 12.2. The van der Waals surface area contributed by atoms with Crippen molar-refractivity contribution in [1.29, 1.82) is 0 Å². The minimum Gasteiger partial charge on any atom is -0.462 e. The Balaban J connectivity index is 2.05. The highest BCUT2D eigenvalue weighted by Gasteiger charge is 2.80. The predicted octanol–water partition coefficient (Wildman–Crippen LogP) is 3.32. The largest absolute Gasteiger partial charge is 0.462 e. The van der Waals surface area contributed by atoms with Crippen molar-refractivity contribution in [3.63, 3.8) is 0 Å². The van der Waals surface area contributed by atoms with Gasteiger partial charge < -0.3 is 18.9 Å². The maximum absolute atomic E-state index is 14.3. The van der Waals surface area contributed by atoms with Crippen LogP contribution in [0, 0.1) is 34.0 Å². The van der Waals surface area contributed by atoms with Crippen molar-refractivity contribution in [2.75, 3.05) is 0 Å². The summed E-state index contributed by atoms with van der Waals surface area (Å²) in [6, 6.07) is 0. The third kappa shape index (κ3) is 3.91. The molecule has 0 N–H and O–H groups in total. The van der Waals surface area contributed by atoms with Crippen LogP contribution in [0.3, 0.4) is 0 Å². The third-order valence-electron chi connectivity index (χ3n) is 9.66. The van der Waals surface area contributed by atoms with E-state index in [-0.39, 0.29) is 29.1 Å². The van der Waals surface area contributed by atoms with Gasteiger partial charge in [-0.05, 0) is 42.6 Å². The number of fused-ring (bicyclic) bond motifs is 3. The van der Waals surface area contributed by atoms with Gasteiger partial charge in [-0.1, -0.05) is 27.4 Å². The average Bonchev–Trinajstić information content (AvgIpc) is 2.87. The summed E-state index contributed by atoms with van der Waals surface area (Å²) in [4.78, 5) is 63.8. The molecule has 4 fully saturated rings. The SMILES string of the molecule is C=C1C(=O)[C@@]23[C@H](OC(C)=O)[C@H]1C[C@H](OC(C)=O)[C@@H]2[C@]1(C)[C@H](OC(C)=O)CCC(C)(C)[C@@H]1C[C@H]3OC(C)=O. The number of ketones is 1. The molecular weight excluding hydrogens is 480 g/mol. The number of hydrogen-bond acceptors (Lipinski definition) is 9. The molecule has 4 rings (SSSR count). The Kier molecular flexibility index (Phi) is 6.61. The quantitative estimate of drug-likeness (QED) is 0.313. The highest BCUT2D eigenvalue weighted by atomic mass is 16.6. The molecule has 0 unspecified atom stereocenters. The molecule has 0 radical (unpaired) electrons. The lowest BCUT2D eigenvalue weighted by Gasteiger charge is -2.67. The van der Waals surface area contributed by atoms with Gasteiger partial charge in [0, 0.05) is 44.9 Å². The zero-order valence-corrected chi connectivity index (χ0v) is 22.8. The molecule has 0 saturated heterocycles. The van der Waals surface area contributed by atoms with Crippen molar-refractivity contribution < 1.29 is 42.9 Å². The lowest BCUT2D eigenvalue weighted by atomic mass is 9.38. The molecule has 0 heterocycles. The van der Waals surface area contributed by atoms with Gasteiger partial charge in [0.1, 0.15) is 29.8 Å². The summed E-state index contributed by atoms with van der Waals surface area (Å²) in [7, 11) is 0. The highest BCUT2D eigenvalue weighted by Crippen LogP contribution is 2.72. The van der Waals surface area contributed by atoms with E-state index in [4.69, 9.17) is 18.9 Å². The molecule has 0 amide bonds. The van der Waals surface area contributed by atoms with Crippen LogP contribution in [0.2, 0.25) is 0 Å². The zero-order chi connectivity index (χ0) is 27.7. The lowest BCUT2D eigenvalue weighted by Crippen LogP contribution is -2.74. The summed E-state index contributed by atoms with van der Waals surface area (Å²) in [5, 5.41) is 0. The lowest BCUT2D eigenvalue weighted by molar-refractivity contribution is -0.283. The standard InChI is InChI=1S/C28H38O9/c1-13-18-11-19(34-14(2)29)23-27(8)20(26(6,7)10-9-21(27)35-15(3)30)12-22(36-16(4)31)28(23,24(13)33)25(18)37-17(5)32/h18-23,25H,1,9-12H2,2-8H3/t18-,19-,20-,21+,22+,23+,25+,27-,28-/m0/s1. The topological polar surface area (TPSA) is 122 Å². The van der Waals surface area contributed by atoms with Crippen LogP contribution in [0.1, 0.15) is 74.1 Å². The summed E-state index contributed by atoms with van der Waals surface area (Å²) in [5.74, 6) is -3.98. The Morgan fingerprint density at radius 3 is 1.89 bits per heavy atom. The van der Waals surface area contributed by atoms with E-state index >= 15 is 0 Å². The first kappa shape index (κ1) is 27.3. The van der Waals surface area contributed by atoms with Gasteiger partial charge in [-0.15, -0.1) is 0 Å². The molecule has 0 aromatic heterocycles. The van der Waals surface area contributed by atoms with E-state index in [1.54, 1.807) is 0 Å². The molecule has 0 aromatic carbocycles. The first-order valence-corrected chi connectivity index (χ1v) is 13.0. The normalized spacial score (nSPS) is 41.6. The maximum atomic E-state index is 14.3. The van der Waals surface area contributed by atoms with E-state index < -0.39 is 71.0 Å². The maximum Gasteiger partial charge on any atom is 0.302 e. The van der Waals surface area contributed by atoms with Crippen LogP contribution < -0.4 is 0 Å². The Morgan fingerprint density at radius 1 is 0.811 bits per heavy atom. The predicted molar refractivity (Wildman–Crippen MR) is 130 cm³/mol. The molecule has 2 bridgehead atoms. The molecule has 9 atom stereocenters. The van der Waals surface area contributed by atoms with E-state index in [2.05, 4.69) is 20.4 Å². The number of ether oxygens (including phenoxy) is 4. The molecule has 204 valence electrons. The number of Topliss-reactive ketones (excluding diaryl/α,β-unsaturated/α-hetero) is 1. The van der Waals surface area contributed by atoms with Crippen LogP contribution >= 0.6 is 0 Å². The van der Waals surface area contributed by atoms with Gasteiger partial charge in [0.15, 0.2) is 5.78 Å². The number of rotatable bonds is 4. The van der Waals surface area contributed by atoms with Crippen LogP contribution in [0.4, 0.5) is 0 Å². The summed E-state index contributed by atoms with van der Waals surface area (Å²) in [6.07, 6.45) is -1.44. The fourth-order valence-corrected chi connectivity index (χ4v) is 8.69. The zero-order valence-electron chi connectivity index (χ0n) is 22.8. The van der Waals surface area contributed by atoms with Crippen molar-refractivity contribution in [3.05, 3.63) is 12.2 Å². The summed E-state index contributed by atoms with van der Waals surface area (Å²) >= 11 is 0. The highest BCUT2D eigenvalue weighted by molar-refractivity contribution is 6.05. The average molecular weight is 519 g/mol. The van der Waals surface area contributed by atoms with Crippen molar-refractivity contribution in [2.24, 2.45) is 34.0 Å². The Morgan fingerprint density at radius 2 is 1.35 bits per heavy atom. The Labute approximate surface area is 217 Å². The van der Waals surface area contributed by atoms with Gasteiger partial charge in [-0.2, -0.15) is 0 Å². The van der Waals surface area contributed by atoms with Gasteiger partial charge in [0.05, 0.1) is 0 Å². The van der Waals surface area contributed by atoms with Gasteiger partial charge in [-0.25, -0.2) is 0 Å². The van der Waals surface area contributed by atoms with E-state index in [0.29, 0.717) is 12.8 Å². The number of carbonyl (C=O) groups is 5. The van der Waals surface area contributed by atoms with Crippen molar-refractivity contribution >= 4 is 29.7 Å². The first-order valence-electron chi connectivity index (χ1n) is 13.0. The molecule has 4 saturated carbocycles.